The first kappa shape index (κ1) is 16.0. The van der Waals surface area contributed by atoms with Crippen molar-refractivity contribution in [3.05, 3.63) is 28.8 Å². The van der Waals surface area contributed by atoms with E-state index in [4.69, 9.17) is 17.3 Å². The molecular weight excluding hydrogens is 260 g/mol. The molecule has 3 N–H and O–H groups in total. The van der Waals surface area contributed by atoms with Gasteiger partial charge in [0.05, 0.1) is 0 Å². The van der Waals surface area contributed by atoms with Crippen LogP contribution in [0.25, 0.3) is 0 Å². The molecular formula is C15H23ClN2O. The van der Waals surface area contributed by atoms with E-state index in [0.29, 0.717) is 23.9 Å². The van der Waals surface area contributed by atoms with Gasteiger partial charge in [0.1, 0.15) is 0 Å². The number of nitrogens with one attached hydrogen (secondary N) is 1. The number of halogens is 1. The highest BCUT2D eigenvalue weighted by Crippen LogP contribution is 2.21. The molecule has 0 fully saturated rings. The number of carbonyl (C=O) groups excluding carboxylic acids is 1. The maximum Gasteiger partial charge on any atom is 0.224 e. The van der Waals surface area contributed by atoms with Crippen molar-refractivity contribution in [2.75, 3.05) is 11.9 Å². The van der Waals surface area contributed by atoms with Crippen LogP contribution in [-0.4, -0.2) is 12.5 Å². The van der Waals surface area contributed by atoms with Crippen molar-refractivity contribution < 1.29 is 4.79 Å². The van der Waals surface area contributed by atoms with Crippen LogP contribution in [-0.2, 0) is 4.79 Å². The van der Waals surface area contributed by atoms with Crippen LogP contribution in [0.2, 0.25) is 5.02 Å². The Morgan fingerprint density at radius 3 is 2.63 bits per heavy atom. The van der Waals surface area contributed by atoms with Gasteiger partial charge in [0.25, 0.3) is 0 Å². The van der Waals surface area contributed by atoms with E-state index >= 15 is 0 Å². The number of hydrogen-bond acceptors (Lipinski definition) is 2. The number of amides is 1. The van der Waals surface area contributed by atoms with E-state index in [-0.39, 0.29) is 11.8 Å². The van der Waals surface area contributed by atoms with Gasteiger partial charge in [-0.15, -0.1) is 0 Å². The van der Waals surface area contributed by atoms with Crippen molar-refractivity contribution in [1.29, 1.82) is 0 Å². The van der Waals surface area contributed by atoms with Crippen LogP contribution in [0.3, 0.4) is 0 Å². The molecule has 0 radical (unpaired) electrons. The Morgan fingerprint density at radius 1 is 1.42 bits per heavy atom. The van der Waals surface area contributed by atoms with Gasteiger partial charge >= 0.3 is 0 Å². The highest BCUT2D eigenvalue weighted by atomic mass is 35.5. The van der Waals surface area contributed by atoms with Gasteiger partial charge in [0, 0.05) is 17.1 Å². The third-order valence-corrected chi connectivity index (χ3v) is 3.47. The summed E-state index contributed by atoms with van der Waals surface area (Å²) < 4.78 is 0. The quantitative estimate of drug-likeness (QED) is 0.838. The molecule has 19 heavy (non-hydrogen) atoms. The summed E-state index contributed by atoms with van der Waals surface area (Å²) in [5.41, 5.74) is 7.44. The normalized spacial score (nSPS) is 12.5. The minimum absolute atomic E-state index is 0.00369. The molecule has 1 aromatic rings. The number of anilines is 1. The summed E-state index contributed by atoms with van der Waals surface area (Å²) in [5, 5.41) is 3.53. The first-order valence-corrected chi connectivity index (χ1v) is 7.06. The van der Waals surface area contributed by atoms with Crippen LogP contribution in [0.5, 0.6) is 0 Å². The topological polar surface area (TPSA) is 55.1 Å². The van der Waals surface area contributed by atoms with Crippen LogP contribution in [0.1, 0.15) is 32.3 Å². The lowest BCUT2D eigenvalue weighted by Gasteiger charge is -2.16. The van der Waals surface area contributed by atoms with E-state index in [9.17, 15) is 4.79 Å². The first-order valence-electron chi connectivity index (χ1n) is 6.68. The van der Waals surface area contributed by atoms with Crippen molar-refractivity contribution in [2.45, 2.75) is 33.6 Å². The number of rotatable bonds is 6. The number of nitrogens with two attached hydrogens (primary N) is 1. The zero-order valence-electron chi connectivity index (χ0n) is 11.9. The molecule has 1 rings (SSSR count). The molecule has 1 amide bonds. The maximum absolute atomic E-state index is 11.9. The number of hydrogen-bond donors (Lipinski definition) is 2. The molecule has 0 spiro atoms. The predicted molar refractivity (Wildman–Crippen MR) is 81.4 cm³/mol. The lowest BCUT2D eigenvalue weighted by Crippen LogP contribution is -2.23. The molecule has 0 bridgehead atoms. The Balaban J connectivity index is 2.56. The third kappa shape index (κ3) is 5.62. The van der Waals surface area contributed by atoms with Crippen LogP contribution >= 0.6 is 11.6 Å². The smallest absolute Gasteiger partial charge is 0.224 e. The van der Waals surface area contributed by atoms with Crippen LogP contribution < -0.4 is 11.1 Å². The summed E-state index contributed by atoms with van der Waals surface area (Å²) in [6.07, 6.45) is 1.43. The molecule has 0 saturated carbocycles. The van der Waals surface area contributed by atoms with Gasteiger partial charge in [-0.2, -0.15) is 0 Å². The number of benzene rings is 1. The van der Waals surface area contributed by atoms with E-state index in [1.165, 1.54) is 0 Å². The zero-order chi connectivity index (χ0) is 14.4. The van der Waals surface area contributed by atoms with E-state index < -0.39 is 0 Å². The van der Waals surface area contributed by atoms with Crippen molar-refractivity contribution in [3.8, 4) is 0 Å². The molecule has 0 aliphatic rings. The van der Waals surface area contributed by atoms with Crippen molar-refractivity contribution in [3.63, 3.8) is 0 Å². The zero-order valence-corrected chi connectivity index (χ0v) is 12.6. The average Bonchev–Trinajstić information content (AvgIpc) is 2.32. The second kappa shape index (κ2) is 7.51. The summed E-state index contributed by atoms with van der Waals surface area (Å²) in [5.74, 6) is 0.784. The molecule has 1 unspecified atom stereocenters. The number of carbonyl (C=O) groups is 1. The van der Waals surface area contributed by atoms with E-state index in [0.717, 1.165) is 17.7 Å². The fourth-order valence-corrected chi connectivity index (χ4v) is 2.25. The van der Waals surface area contributed by atoms with Crippen LogP contribution in [0.15, 0.2) is 18.2 Å². The second-order valence-corrected chi connectivity index (χ2v) is 5.85. The van der Waals surface area contributed by atoms with Crippen molar-refractivity contribution >= 4 is 23.2 Å². The van der Waals surface area contributed by atoms with Gasteiger partial charge in [0.15, 0.2) is 0 Å². The highest BCUT2D eigenvalue weighted by molar-refractivity contribution is 6.31. The molecule has 0 saturated heterocycles. The largest absolute Gasteiger partial charge is 0.330 e. The maximum atomic E-state index is 11.9. The Kier molecular flexibility index (Phi) is 6.32. The van der Waals surface area contributed by atoms with Crippen molar-refractivity contribution in [1.82, 2.24) is 0 Å². The molecule has 3 nitrogen and oxygen atoms in total. The molecule has 106 valence electrons. The molecule has 1 aromatic carbocycles. The monoisotopic (exact) mass is 282 g/mol. The minimum atomic E-state index is -0.00369. The first-order chi connectivity index (χ1) is 8.92. The van der Waals surface area contributed by atoms with Gasteiger partial charge < -0.3 is 11.1 Å². The van der Waals surface area contributed by atoms with Crippen molar-refractivity contribution in [2.24, 2.45) is 17.6 Å². The van der Waals surface area contributed by atoms with Crippen LogP contribution in [0.4, 0.5) is 5.69 Å². The Morgan fingerprint density at radius 2 is 2.11 bits per heavy atom. The minimum Gasteiger partial charge on any atom is -0.330 e. The van der Waals surface area contributed by atoms with Gasteiger partial charge in [-0.1, -0.05) is 31.5 Å². The lowest BCUT2D eigenvalue weighted by atomic mass is 9.94. The van der Waals surface area contributed by atoms with E-state index in [2.05, 4.69) is 19.2 Å². The molecule has 0 aliphatic carbocycles. The Labute approximate surface area is 120 Å². The molecule has 1 atom stereocenters. The van der Waals surface area contributed by atoms with Gasteiger partial charge in [-0.25, -0.2) is 0 Å². The summed E-state index contributed by atoms with van der Waals surface area (Å²) in [7, 11) is 0. The van der Waals surface area contributed by atoms with E-state index in [1.54, 1.807) is 6.07 Å². The fraction of sp³-hybridized carbons (Fsp3) is 0.533. The van der Waals surface area contributed by atoms with Gasteiger partial charge in [-0.05, 0) is 49.4 Å². The molecule has 0 heterocycles. The SMILES string of the molecule is Cc1ccc(NC(=O)CC(CN)CC(C)C)cc1Cl. The summed E-state index contributed by atoms with van der Waals surface area (Å²) in [6, 6.07) is 5.53. The fourth-order valence-electron chi connectivity index (χ4n) is 2.07. The molecule has 4 heteroatoms. The van der Waals surface area contributed by atoms with Crippen LogP contribution in [0, 0.1) is 18.8 Å². The standard InChI is InChI=1S/C15H23ClN2O/c1-10(2)6-12(9-17)7-15(19)18-13-5-4-11(3)14(16)8-13/h4-5,8,10,12H,6-7,9,17H2,1-3H3,(H,18,19). The van der Waals surface area contributed by atoms with E-state index in [1.807, 2.05) is 19.1 Å². The predicted octanol–water partition coefficient (Wildman–Crippen LogP) is 3.60. The average molecular weight is 283 g/mol. The van der Waals surface area contributed by atoms with Gasteiger partial charge in [-0.3, -0.25) is 4.79 Å². The summed E-state index contributed by atoms with van der Waals surface area (Å²) >= 11 is 6.03. The number of aryl methyl sites for hydroxylation is 1. The third-order valence-electron chi connectivity index (χ3n) is 3.07. The lowest BCUT2D eigenvalue weighted by molar-refractivity contribution is -0.117. The Bertz CT molecular complexity index is 432. The summed E-state index contributed by atoms with van der Waals surface area (Å²) in [4.78, 5) is 11.9. The Hall–Kier alpha value is -1.06. The second-order valence-electron chi connectivity index (χ2n) is 5.45. The molecule has 0 aliphatic heterocycles. The molecule has 0 aromatic heterocycles. The van der Waals surface area contributed by atoms with Gasteiger partial charge in [0.2, 0.25) is 5.91 Å². The highest BCUT2D eigenvalue weighted by Gasteiger charge is 2.14. The summed E-state index contributed by atoms with van der Waals surface area (Å²) in [6.45, 7) is 6.75.